The molecular weight excluding hydrogens is 162 g/mol. The lowest BCUT2D eigenvalue weighted by atomic mass is 10.0. The largest absolute Gasteiger partial charge is 0.385 e. The summed E-state index contributed by atoms with van der Waals surface area (Å²) in [6, 6.07) is 0. The molecule has 0 aliphatic heterocycles. The molecule has 2 fully saturated rings. The summed E-state index contributed by atoms with van der Waals surface area (Å²) >= 11 is 0. The third kappa shape index (κ3) is 2.96. The molecule has 0 aromatic heterocycles. The van der Waals surface area contributed by atoms with E-state index in [0.29, 0.717) is 5.41 Å². The van der Waals surface area contributed by atoms with Crippen LogP contribution in [0.3, 0.4) is 0 Å². The highest BCUT2D eigenvalue weighted by molar-refractivity contribution is 4.95. The second-order valence-electron chi connectivity index (χ2n) is 4.82. The Morgan fingerprint density at radius 1 is 1.38 bits per heavy atom. The molecule has 0 heterocycles. The molecule has 0 radical (unpaired) electrons. The molecule has 2 rings (SSSR count). The molecule has 2 nitrogen and oxygen atoms in total. The van der Waals surface area contributed by atoms with E-state index in [1.54, 1.807) is 7.11 Å². The predicted octanol–water partition coefficient (Wildman–Crippen LogP) is 1.80. The van der Waals surface area contributed by atoms with Crippen molar-refractivity contribution in [3.8, 4) is 0 Å². The van der Waals surface area contributed by atoms with Gasteiger partial charge in [-0.1, -0.05) is 0 Å². The van der Waals surface area contributed by atoms with Crippen molar-refractivity contribution in [2.75, 3.05) is 26.8 Å². The van der Waals surface area contributed by atoms with E-state index in [-0.39, 0.29) is 0 Å². The van der Waals surface area contributed by atoms with Gasteiger partial charge in [0.25, 0.3) is 0 Å². The zero-order valence-electron chi connectivity index (χ0n) is 8.64. The van der Waals surface area contributed by atoms with Crippen molar-refractivity contribution < 1.29 is 4.74 Å². The van der Waals surface area contributed by atoms with Gasteiger partial charge in [-0.15, -0.1) is 0 Å². The van der Waals surface area contributed by atoms with Crippen molar-refractivity contribution in [2.45, 2.75) is 32.1 Å². The van der Waals surface area contributed by atoms with Crippen LogP contribution in [0.1, 0.15) is 32.1 Å². The highest BCUT2D eigenvalue weighted by atomic mass is 16.5. The van der Waals surface area contributed by atoms with Crippen molar-refractivity contribution in [2.24, 2.45) is 11.3 Å². The monoisotopic (exact) mass is 183 g/mol. The molecule has 0 atom stereocenters. The minimum absolute atomic E-state index is 0.630. The van der Waals surface area contributed by atoms with Crippen LogP contribution in [0.15, 0.2) is 0 Å². The first-order valence-electron chi connectivity index (χ1n) is 5.54. The number of rotatable bonds is 7. The molecule has 0 bridgehead atoms. The van der Waals surface area contributed by atoms with E-state index >= 15 is 0 Å². The average Bonchev–Trinajstić information content (AvgIpc) is 2.97. The second kappa shape index (κ2) is 3.97. The minimum Gasteiger partial charge on any atom is -0.385 e. The Kier molecular flexibility index (Phi) is 2.89. The predicted molar refractivity (Wildman–Crippen MR) is 53.8 cm³/mol. The van der Waals surface area contributed by atoms with Crippen molar-refractivity contribution in [1.82, 2.24) is 5.32 Å². The van der Waals surface area contributed by atoms with Gasteiger partial charge in [0.1, 0.15) is 0 Å². The number of hydrogen-bond donors (Lipinski definition) is 1. The Balaban J connectivity index is 1.56. The topological polar surface area (TPSA) is 21.3 Å². The second-order valence-corrected chi connectivity index (χ2v) is 4.82. The van der Waals surface area contributed by atoms with Crippen molar-refractivity contribution in [1.29, 1.82) is 0 Å². The maximum absolute atomic E-state index is 5.13. The lowest BCUT2D eigenvalue weighted by Crippen LogP contribution is -2.26. The summed E-state index contributed by atoms with van der Waals surface area (Å²) in [4.78, 5) is 0. The molecule has 2 aliphatic rings. The first kappa shape index (κ1) is 9.47. The van der Waals surface area contributed by atoms with Crippen LogP contribution in [0.5, 0.6) is 0 Å². The van der Waals surface area contributed by atoms with E-state index in [4.69, 9.17) is 4.74 Å². The van der Waals surface area contributed by atoms with Gasteiger partial charge >= 0.3 is 0 Å². The van der Waals surface area contributed by atoms with Crippen LogP contribution in [0.2, 0.25) is 0 Å². The number of methoxy groups -OCH3 is 1. The molecule has 2 aliphatic carbocycles. The molecule has 0 saturated heterocycles. The van der Waals surface area contributed by atoms with Crippen LogP contribution >= 0.6 is 0 Å². The number of hydrogen-bond acceptors (Lipinski definition) is 2. The van der Waals surface area contributed by atoms with Gasteiger partial charge in [-0.2, -0.15) is 0 Å². The van der Waals surface area contributed by atoms with Crippen molar-refractivity contribution >= 4 is 0 Å². The molecule has 2 saturated carbocycles. The van der Waals surface area contributed by atoms with Crippen LogP contribution < -0.4 is 5.32 Å². The van der Waals surface area contributed by atoms with Crippen LogP contribution in [-0.4, -0.2) is 26.8 Å². The Bertz CT molecular complexity index is 161. The molecular formula is C11H21NO. The van der Waals surface area contributed by atoms with Crippen molar-refractivity contribution in [3.05, 3.63) is 0 Å². The molecule has 76 valence electrons. The fraction of sp³-hybridized carbons (Fsp3) is 1.00. The highest BCUT2D eigenvalue weighted by Gasteiger charge is 2.41. The van der Waals surface area contributed by atoms with Crippen LogP contribution in [0.25, 0.3) is 0 Å². The van der Waals surface area contributed by atoms with Gasteiger partial charge in [0, 0.05) is 20.3 Å². The smallest absolute Gasteiger partial charge is 0.0468 e. The van der Waals surface area contributed by atoms with E-state index in [1.807, 2.05) is 0 Å². The third-order valence-electron chi connectivity index (χ3n) is 3.42. The molecule has 1 N–H and O–H groups in total. The fourth-order valence-corrected chi connectivity index (χ4v) is 1.87. The van der Waals surface area contributed by atoms with Gasteiger partial charge in [0.15, 0.2) is 0 Å². The van der Waals surface area contributed by atoms with Crippen LogP contribution in [0, 0.1) is 11.3 Å². The fourth-order valence-electron chi connectivity index (χ4n) is 1.87. The zero-order chi connectivity index (χ0) is 9.15. The SMILES string of the molecule is COCCC1(CNCC2CC2)CC1. The average molecular weight is 183 g/mol. The summed E-state index contributed by atoms with van der Waals surface area (Å²) in [7, 11) is 1.80. The van der Waals surface area contributed by atoms with E-state index in [2.05, 4.69) is 5.32 Å². The van der Waals surface area contributed by atoms with Crippen LogP contribution in [0.4, 0.5) is 0 Å². The van der Waals surface area contributed by atoms with Gasteiger partial charge in [0.2, 0.25) is 0 Å². The lowest BCUT2D eigenvalue weighted by molar-refractivity contribution is 0.171. The van der Waals surface area contributed by atoms with E-state index in [1.165, 1.54) is 45.2 Å². The summed E-state index contributed by atoms with van der Waals surface area (Å²) in [5.41, 5.74) is 0.630. The van der Waals surface area contributed by atoms with Gasteiger partial charge in [-0.05, 0) is 50.0 Å². The van der Waals surface area contributed by atoms with E-state index in [0.717, 1.165) is 12.5 Å². The quantitative estimate of drug-likeness (QED) is 0.650. The summed E-state index contributed by atoms with van der Waals surface area (Å²) in [6.45, 7) is 3.42. The maximum Gasteiger partial charge on any atom is 0.0468 e. The molecule has 0 amide bonds. The lowest BCUT2D eigenvalue weighted by Gasteiger charge is -2.15. The molecule has 0 spiro atoms. The maximum atomic E-state index is 5.13. The Hall–Kier alpha value is -0.0800. The number of nitrogens with one attached hydrogen (secondary N) is 1. The zero-order valence-corrected chi connectivity index (χ0v) is 8.64. The van der Waals surface area contributed by atoms with Gasteiger partial charge in [-0.3, -0.25) is 0 Å². The van der Waals surface area contributed by atoms with Crippen LogP contribution in [-0.2, 0) is 4.74 Å². The Labute approximate surface area is 81.0 Å². The highest BCUT2D eigenvalue weighted by Crippen LogP contribution is 2.48. The molecule has 0 aromatic carbocycles. The molecule has 0 unspecified atom stereocenters. The number of ether oxygens (including phenoxy) is 1. The third-order valence-corrected chi connectivity index (χ3v) is 3.42. The Morgan fingerprint density at radius 3 is 2.69 bits per heavy atom. The van der Waals surface area contributed by atoms with E-state index in [9.17, 15) is 0 Å². The van der Waals surface area contributed by atoms with Gasteiger partial charge in [-0.25, -0.2) is 0 Å². The first-order valence-corrected chi connectivity index (χ1v) is 5.54. The molecule has 0 aromatic rings. The summed E-state index contributed by atoms with van der Waals surface area (Å²) in [5.74, 6) is 1.01. The summed E-state index contributed by atoms with van der Waals surface area (Å²) < 4.78 is 5.13. The first-order chi connectivity index (χ1) is 6.35. The molecule has 2 heteroatoms. The standard InChI is InChI=1S/C11H21NO/c1-13-7-6-11(4-5-11)9-12-8-10-2-3-10/h10,12H,2-9H2,1H3. The van der Waals surface area contributed by atoms with Crippen molar-refractivity contribution in [3.63, 3.8) is 0 Å². The Morgan fingerprint density at radius 2 is 2.15 bits per heavy atom. The summed E-state index contributed by atoms with van der Waals surface area (Å²) in [5, 5.41) is 3.60. The van der Waals surface area contributed by atoms with Gasteiger partial charge in [0.05, 0.1) is 0 Å². The van der Waals surface area contributed by atoms with E-state index < -0.39 is 0 Å². The summed E-state index contributed by atoms with van der Waals surface area (Å²) in [6.07, 6.45) is 6.99. The minimum atomic E-state index is 0.630. The molecule has 13 heavy (non-hydrogen) atoms. The normalized spacial score (nSPS) is 24.7. The van der Waals surface area contributed by atoms with Gasteiger partial charge < -0.3 is 10.1 Å².